The van der Waals surface area contributed by atoms with Crippen LogP contribution in [0.5, 0.6) is 0 Å². The number of aryl methyl sites for hydroxylation is 1. The predicted molar refractivity (Wildman–Crippen MR) is 123 cm³/mol. The molecule has 1 saturated heterocycles. The highest BCUT2D eigenvalue weighted by Crippen LogP contribution is 2.24. The second kappa shape index (κ2) is 8.38. The third-order valence-corrected chi connectivity index (χ3v) is 7.76. The van der Waals surface area contributed by atoms with E-state index in [4.69, 9.17) is 0 Å². The Bertz CT molecular complexity index is 934. The molecule has 0 amide bonds. The van der Waals surface area contributed by atoms with E-state index in [9.17, 15) is 8.42 Å². The van der Waals surface area contributed by atoms with Crippen LogP contribution in [0, 0.1) is 6.92 Å². The van der Waals surface area contributed by atoms with Crippen molar-refractivity contribution in [1.29, 1.82) is 0 Å². The number of halogens is 1. The lowest BCUT2D eigenvalue weighted by Gasteiger charge is -2.39. The number of hydrogen-bond donors (Lipinski definition) is 2. The Hall–Kier alpha value is -1.29. The van der Waals surface area contributed by atoms with Crippen LogP contribution in [0.3, 0.4) is 0 Å². The van der Waals surface area contributed by atoms with Crippen LogP contribution in [0.1, 0.15) is 25.0 Å². The number of sulfone groups is 1. The quantitative estimate of drug-likeness (QED) is 0.383. The zero-order chi connectivity index (χ0) is 18.9. The Kier molecular flexibility index (Phi) is 6.83. The molecule has 0 radical (unpaired) electrons. The molecule has 1 fully saturated rings. The number of fused-ring (bicyclic) bond motifs is 1. The number of aromatic amines is 1. The van der Waals surface area contributed by atoms with Crippen LogP contribution in [0.25, 0.3) is 10.9 Å². The van der Waals surface area contributed by atoms with E-state index in [1.165, 1.54) is 16.5 Å². The molecule has 2 N–H and O–H groups in total. The van der Waals surface area contributed by atoms with Crippen LogP contribution in [0.4, 0.5) is 0 Å². The first-order valence-electron chi connectivity index (χ1n) is 8.99. The van der Waals surface area contributed by atoms with Crippen LogP contribution >= 0.6 is 24.0 Å². The zero-order valence-electron chi connectivity index (χ0n) is 16.4. The minimum Gasteiger partial charge on any atom is -0.361 e. The fourth-order valence-electron chi connectivity index (χ4n) is 3.61. The first kappa shape index (κ1) is 22.0. The molecule has 27 heavy (non-hydrogen) atoms. The molecule has 0 spiro atoms. The second-order valence-corrected chi connectivity index (χ2v) is 10.3. The summed E-state index contributed by atoms with van der Waals surface area (Å²) in [4.78, 5) is 9.72. The van der Waals surface area contributed by atoms with Crippen LogP contribution in [0.15, 0.2) is 29.4 Å². The standard InChI is InChI=1S/C19H28N4O2S.HI/c1-14-6-5-7-16-17(14)15(12-22-16)8-9-21-18(20-4)23-10-11-26(24,25)19(2,3)13-23;/h5-7,12,22H,8-11,13H2,1-4H3,(H,20,21);1H. The molecule has 3 rings (SSSR count). The summed E-state index contributed by atoms with van der Waals surface area (Å²) in [7, 11) is -1.30. The highest BCUT2D eigenvalue weighted by Gasteiger charge is 2.40. The number of aromatic nitrogens is 1. The van der Waals surface area contributed by atoms with Gasteiger partial charge >= 0.3 is 0 Å². The molecule has 1 aliphatic rings. The first-order chi connectivity index (χ1) is 12.2. The maximum absolute atomic E-state index is 12.2. The van der Waals surface area contributed by atoms with Gasteiger partial charge in [-0.2, -0.15) is 0 Å². The molecule has 6 nitrogen and oxygen atoms in total. The third-order valence-electron chi connectivity index (χ3n) is 5.23. The predicted octanol–water partition coefficient (Wildman–Crippen LogP) is 2.72. The Morgan fingerprint density at radius 1 is 1.37 bits per heavy atom. The van der Waals surface area contributed by atoms with Gasteiger partial charge in [-0.3, -0.25) is 4.99 Å². The molecular formula is C19H29IN4O2S. The van der Waals surface area contributed by atoms with E-state index in [1.54, 1.807) is 20.9 Å². The summed E-state index contributed by atoms with van der Waals surface area (Å²) in [5.74, 6) is 0.937. The van der Waals surface area contributed by atoms with Crippen molar-refractivity contribution < 1.29 is 8.42 Å². The van der Waals surface area contributed by atoms with E-state index in [0.29, 0.717) is 13.1 Å². The number of nitrogens with one attached hydrogen (secondary N) is 2. The molecule has 1 aromatic heterocycles. The van der Waals surface area contributed by atoms with Crippen molar-refractivity contribution in [3.05, 3.63) is 35.5 Å². The SMILES string of the molecule is CN=C(NCCc1c[nH]c2cccc(C)c12)N1CCS(=O)(=O)C(C)(C)C1.I. The maximum atomic E-state index is 12.2. The molecule has 1 aliphatic heterocycles. The van der Waals surface area contributed by atoms with Gasteiger partial charge in [0.25, 0.3) is 0 Å². The van der Waals surface area contributed by atoms with Crippen molar-refractivity contribution in [3.8, 4) is 0 Å². The van der Waals surface area contributed by atoms with E-state index in [-0.39, 0.29) is 29.7 Å². The number of nitrogens with zero attached hydrogens (tertiary/aromatic N) is 2. The Balaban J connectivity index is 0.00000261. The summed E-state index contributed by atoms with van der Waals surface area (Å²) in [5.41, 5.74) is 3.71. The monoisotopic (exact) mass is 504 g/mol. The topological polar surface area (TPSA) is 77.6 Å². The lowest BCUT2D eigenvalue weighted by atomic mass is 10.1. The molecule has 0 aliphatic carbocycles. The number of hydrogen-bond acceptors (Lipinski definition) is 3. The Morgan fingerprint density at radius 3 is 2.78 bits per heavy atom. The number of aliphatic imine (C=N–C) groups is 1. The van der Waals surface area contributed by atoms with Crippen LogP contribution in [-0.2, 0) is 16.3 Å². The van der Waals surface area contributed by atoms with Gasteiger partial charge in [0.2, 0.25) is 0 Å². The molecule has 0 bridgehead atoms. The Labute approximate surface area is 178 Å². The smallest absolute Gasteiger partial charge is 0.193 e. The van der Waals surface area contributed by atoms with Crippen molar-refractivity contribution in [2.45, 2.75) is 31.9 Å². The summed E-state index contributed by atoms with van der Waals surface area (Å²) in [6.45, 7) is 7.39. The average Bonchev–Trinajstić information content (AvgIpc) is 2.99. The lowest BCUT2D eigenvalue weighted by molar-refractivity contribution is 0.353. The third kappa shape index (κ3) is 4.42. The second-order valence-electron chi connectivity index (χ2n) is 7.54. The largest absolute Gasteiger partial charge is 0.361 e. The molecule has 150 valence electrons. The molecule has 1 aromatic carbocycles. The normalized spacial score (nSPS) is 19.0. The molecular weight excluding hydrogens is 475 g/mol. The van der Waals surface area contributed by atoms with Crippen molar-refractivity contribution in [1.82, 2.24) is 15.2 Å². The summed E-state index contributed by atoms with van der Waals surface area (Å²) in [6, 6.07) is 6.28. The summed E-state index contributed by atoms with van der Waals surface area (Å²) < 4.78 is 23.6. The number of rotatable bonds is 3. The van der Waals surface area contributed by atoms with Crippen LogP contribution < -0.4 is 5.32 Å². The molecule has 0 saturated carbocycles. The van der Waals surface area contributed by atoms with Crippen molar-refractivity contribution in [3.63, 3.8) is 0 Å². The zero-order valence-corrected chi connectivity index (χ0v) is 19.5. The van der Waals surface area contributed by atoms with Gasteiger partial charge in [-0.15, -0.1) is 24.0 Å². The summed E-state index contributed by atoms with van der Waals surface area (Å²) in [6.07, 6.45) is 2.94. The van der Waals surface area contributed by atoms with Gasteiger partial charge in [0, 0.05) is 43.8 Å². The first-order valence-corrected chi connectivity index (χ1v) is 10.6. The van der Waals surface area contributed by atoms with Gasteiger partial charge < -0.3 is 15.2 Å². The molecule has 2 heterocycles. The van der Waals surface area contributed by atoms with E-state index >= 15 is 0 Å². The molecule has 2 aromatic rings. The average molecular weight is 504 g/mol. The van der Waals surface area contributed by atoms with E-state index in [2.05, 4.69) is 46.6 Å². The van der Waals surface area contributed by atoms with Gasteiger partial charge in [0.05, 0.1) is 10.5 Å². The number of guanidine groups is 1. The van der Waals surface area contributed by atoms with Crippen molar-refractivity contribution in [2.75, 3.05) is 32.4 Å². The highest BCUT2D eigenvalue weighted by atomic mass is 127. The summed E-state index contributed by atoms with van der Waals surface area (Å²) in [5, 5.41) is 4.68. The summed E-state index contributed by atoms with van der Waals surface area (Å²) >= 11 is 0. The van der Waals surface area contributed by atoms with E-state index in [0.717, 1.165) is 24.4 Å². The fourth-order valence-corrected chi connectivity index (χ4v) is 4.98. The van der Waals surface area contributed by atoms with Gasteiger partial charge in [-0.05, 0) is 44.4 Å². The fraction of sp³-hybridized carbons (Fsp3) is 0.526. The van der Waals surface area contributed by atoms with Crippen molar-refractivity contribution >= 4 is 50.7 Å². The van der Waals surface area contributed by atoms with Crippen LogP contribution in [0.2, 0.25) is 0 Å². The minimum atomic E-state index is -3.05. The number of H-pyrrole nitrogens is 1. The van der Waals surface area contributed by atoms with Gasteiger partial charge in [-0.1, -0.05) is 12.1 Å². The lowest BCUT2D eigenvalue weighted by Crippen LogP contribution is -2.57. The van der Waals surface area contributed by atoms with E-state index in [1.807, 2.05) is 4.90 Å². The minimum absolute atomic E-state index is 0. The van der Waals surface area contributed by atoms with Crippen LogP contribution in [-0.4, -0.2) is 61.4 Å². The Morgan fingerprint density at radius 2 is 2.11 bits per heavy atom. The van der Waals surface area contributed by atoms with Crippen molar-refractivity contribution in [2.24, 2.45) is 4.99 Å². The molecule has 8 heteroatoms. The maximum Gasteiger partial charge on any atom is 0.193 e. The highest BCUT2D eigenvalue weighted by molar-refractivity contribution is 14.0. The molecule has 0 atom stereocenters. The van der Waals surface area contributed by atoms with Gasteiger partial charge in [0.15, 0.2) is 15.8 Å². The number of benzene rings is 1. The van der Waals surface area contributed by atoms with E-state index < -0.39 is 14.6 Å². The molecule has 0 unspecified atom stereocenters. The van der Waals surface area contributed by atoms with Gasteiger partial charge in [-0.25, -0.2) is 8.42 Å². The van der Waals surface area contributed by atoms with Gasteiger partial charge in [0.1, 0.15) is 0 Å².